The third-order valence-corrected chi connectivity index (χ3v) is 3.73. The Morgan fingerprint density at radius 1 is 1.09 bits per heavy atom. The lowest BCUT2D eigenvalue weighted by molar-refractivity contribution is 0.414. The van der Waals surface area contributed by atoms with Crippen molar-refractivity contribution < 1.29 is 9.15 Å². The Labute approximate surface area is 133 Å². The van der Waals surface area contributed by atoms with Crippen LogP contribution in [-0.4, -0.2) is 21.6 Å². The minimum absolute atomic E-state index is 0.682. The summed E-state index contributed by atoms with van der Waals surface area (Å²) in [6.45, 7) is 0. The molecule has 114 valence electrons. The summed E-state index contributed by atoms with van der Waals surface area (Å²) in [6, 6.07) is 15.6. The molecule has 0 amide bonds. The van der Waals surface area contributed by atoms with E-state index < -0.39 is 0 Å². The van der Waals surface area contributed by atoms with Gasteiger partial charge in [-0.25, -0.2) is 14.5 Å². The maximum Gasteiger partial charge on any atom is 0.206 e. The molecule has 4 rings (SSSR count). The average molecular weight is 305 g/mol. The van der Waals surface area contributed by atoms with E-state index in [1.807, 2.05) is 53.1 Å². The first kappa shape index (κ1) is 13.6. The standard InChI is InChI=1S/C18H15N3O2/c1-22-14-8-6-13(7-9-14)12-16-20-15-4-2-10-19-18(15)21(16)17-5-3-11-23-17/h2-11H,12H2,1H3. The van der Waals surface area contributed by atoms with Gasteiger partial charge in [-0.1, -0.05) is 12.1 Å². The molecule has 0 fully saturated rings. The van der Waals surface area contributed by atoms with Gasteiger partial charge in [0.1, 0.15) is 17.1 Å². The molecule has 0 bridgehead atoms. The second kappa shape index (κ2) is 5.61. The van der Waals surface area contributed by atoms with E-state index in [2.05, 4.69) is 4.98 Å². The fraction of sp³-hybridized carbons (Fsp3) is 0.111. The number of methoxy groups -OCH3 is 1. The van der Waals surface area contributed by atoms with Crippen LogP contribution in [0.2, 0.25) is 0 Å². The van der Waals surface area contributed by atoms with Crippen LogP contribution in [0, 0.1) is 0 Å². The van der Waals surface area contributed by atoms with Crippen molar-refractivity contribution in [2.24, 2.45) is 0 Å². The van der Waals surface area contributed by atoms with Crippen molar-refractivity contribution in [1.29, 1.82) is 0 Å². The number of furan rings is 1. The predicted octanol–water partition coefficient (Wildman–Crippen LogP) is 3.61. The van der Waals surface area contributed by atoms with Crippen molar-refractivity contribution >= 4 is 11.2 Å². The van der Waals surface area contributed by atoms with Crippen LogP contribution in [0.5, 0.6) is 5.75 Å². The van der Waals surface area contributed by atoms with E-state index >= 15 is 0 Å². The lowest BCUT2D eigenvalue weighted by Gasteiger charge is -2.06. The normalized spacial score (nSPS) is 11.0. The highest BCUT2D eigenvalue weighted by atomic mass is 16.5. The molecule has 0 unspecified atom stereocenters. The number of aromatic nitrogens is 3. The van der Waals surface area contributed by atoms with Crippen molar-refractivity contribution in [3.05, 3.63) is 72.4 Å². The summed E-state index contributed by atoms with van der Waals surface area (Å²) < 4.78 is 12.7. The minimum atomic E-state index is 0.682. The molecule has 0 aliphatic rings. The number of hydrogen-bond acceptors (Lipinski definition) is 4. The van der Waals surface area contributed by atoms with Gasteiger partial charge in [0.05, 0.1) is 13.4 Å². The summed E-state index contributed by atoms with van der Waals surface area (Å²) in [5, 5.41) is 0. The van der Waals surface area contributed by atoms with Crippen molar-refractivity contribution in [3.8, 4) is 11.6 Å². The SMILES string of the molecule is COc1ccc(Cc2nc3cccnc3n2-c2ccco2)cc1. The summed E-state index contributed by atoms with van der Waals surface area (Å²) in [5.74, 6) is 2.45. The number of pyridine rings is 1. The van der Waals surface area contributed by atoms with E-state index in [0.717, 1.165) is 34.2 Å². The molecule has 0 aliphatic carbocycles. The highest BCUT2D eigenvalue weighted by molar-refractivity contribution is 5.73. The summed E-state index contributed by atoms with van der Waals surface area (Å²) in [5.41, 5.74) is 2.80. The summed E-state index contributed by atoms with van der Waals surface area (Å²) in [4.78, 5) is 9.16. The van der Waals surface area contributed by atoms with E-state index in [9.17, 15) is 0 Å². The zero-order valence-electron chi connectivity index (χ0n) is 12.6. The molecule has 0 atom stereocenters. The van der Waals surface area contributed by atoms with Gasteiger partial charge in [0.15, 0.2) is 5.65 Å². The molecule has 5 nitrogen and oxygen atoms in total. The molecule has 0 radical (unpaired) electrons. The molecule has 3 aromatic heterocycles. The maximum absolute atomic E-state index is 5.56. The molecule has 0 saturated heterocycles. The monoisotopic (exact) mass is 305 g/mol. The zero-order chi connectivity index (χ0) is 15.6. The van der Waals surface area contributed by atoms with Crippen molar-refractivity contribution in [3.63, 3.8) is 0 Å². The average Bonchev–Trinajstić information content (AvgIpc) is 3.22. The van der Waals surface area contributed by atoms with Gasteiger partial charge in [0.2, 0.25) is 5.88 Å². The first-order chi connectivity index (χ1) is 11.3. The Morgan fingerprint density at radius 2 is 1.96 bits per heavy atom. The predicted molar refractivity (Wildman–Crippen MR) is 86.9 cm³/mol. The van der Waals surface area contributed by atoms with Crippen LogP contribution in [0.3, 0.4) is 0 Å². The van der Waals surface area contributed by atoms with Gasteiger partial charge < -0.3 is 9.15 Å². The first-order valence-electron chi connectivity index (χ1n) is 7.34. The van der Waals surface area contributed by atoms with Crippen molar-refractivity contribution in [2.45, 2.75) is 6.42 Å². The Morgan fingerprint density at radius 3 is 2.70 bits per heavy atom. The molecule has 5 heteroatoms. The fourth-order valence-corrected chi connectivity index (χ4v) is 2.63. The lowest BCUT2D eigenvalue weighted by Crippen LogP contribution is -2.02. The molecule has 0 saturated carbocycles. The number of fused-ring (bicyclic) bond motifs is 1. The number of benzene rings is 1. The zero-order valence-corrected chi connectivity index (χ0v) is 12.6. The van der Waals surface area contributed by atoms with Gasteiger partial charge in [-0.15, -0.1) is 0 Å². The number of imidazole rings is 1. The van der Waals surface area contributed by atoms with Gasteiger partial charge in [-0.3, -0.25) is 0 Å². The number of rotatable bonds is 4. The van der Waals surface area contributed by atoms with Crippen LogP contribution in [0.25, 0.3) is 17.0 Å². The van der Waals surface area contributed by atoms with Gasteiger partial charge in [-0.05, 0) is 35.9 Å². The van der Waals surface area contributed by atoms with Crippen LogP contribution < -0.4 is 4.74 Å². The summed E-state index contributed by atoms with van der Waals surface area (Å²) in [6.07, 6.45) is 4.10. The van der Waals surface area contributed by atoms with E-state index in [0.29, 0.717) is 6.42 Å². The van der Waals surface area contributed by atoms with Crippen LogP contribution in [0.15, 0.2) is 65.4 Å². The Balaban J connectivity index is 1.81. The Kier molecular flexibility index (Phi) is 3.31. The van der Waals surface area contributed by atoms with Gasteiger partial charge in [0, 0.05) is 18.7 Å². The van der Waals surface area contributed by atoms with Gasteiger partial charge >= 0.3 is 0 Å². The minimum Gasteiger partial charge on any atom is -0.497 e. The maximum atomic E-state index is 5.56. The Bertz CT molecular complexity index is 925. The van der Waals surface area contributed by atoms with Crippen LogP contribution >= 0.6 is 0 Å². The highest BCUT2D eigenvalue weighted by Gasteiger charge is 2.15. The molecule has 0 aliphatic heterocycles. The molecule has 3 heterocycles. The molecule has 0 N–H and O–H groups in total. The van der Waals surface area contributed by atoms with E-state index in [4.69, 9.17) is 14.1 Å². The third-order valence-electron chi connectivity index (χ3n) is 3.73. The van der Waals surface area contributed by atoms with E-state index in [-0.39, 0.29) is 0 Å². The van der Waals surface area contributed by atoms with E-state index in [1.54, 1.807) is 19.6 Å². The molecule has 0 spiro atoms. The van der Waals surface area contributed by atoms with Gasteiger partial charge in [0.25, 0.3) is 0 Å². The van der Waals surface area contributed by atoms with E-state index in [1.165, 1.54) is 0 Å². The van der Waals surface area contributed by atoms with Crippen LogP contribution in [0.4, 0.5) is 0 Å². The number of nitrogens with zero attached hydrogens (tertiary/aromatic N) is 3. The van der Waals surface area contributed by atoms with Gasteiger partial charge in [-0.2, -0.15) is 0 Å². The summed E-state index contributed by atoms with van der Waals surface area (Å²) in [7, 11) is 1.66. The molecule has 1 aromatic carbocycles. The molecular weight excluding hydrogens is 290 g/mol. The fourth-order valence-electron chi connectivity index (χ4n) is 2.63. The van der Waals surface area contributed by atoms with Crippen molar-refractivity contribution in [1.82, 2.24) is 14.5 Å². The second-order valence-electron chi connectivity index (χ2n) is 5.19. The Hall–Kier alpha value is -3.08. The molecular formula is C18H15N3O2. The third kappa shape index (κ3) is 2.46. The van der Waals surface area contributed by atoms with Crippen LogP contribution in [-0.2, 0) is 6.42 Å². The quantitative estimate of drug-likeness (QED) is 0.578. The first-order valence-corrected chi connectivity index (χ1v) is 7.34. The summed E-state index contributed by atoms with van der Waals surface area (Å²) >= 11 is 0. The number of ether oxygens (including phenoxy) is 1. The smallest absolute Gasteiger partial charge is 0.206 e. The molecule has 23 heavy (non-hydrogen) atoms. The molecule has 4 aromatic rings. The largest absolute Gasteiger partial charge is 0.497 e. The second-order valence-corrected chi connectivity index (χ2v) is 5.19. The highest BCUT2D eigenvalue weighted by Crippen LogP contribution is 2.22. The van der Waals surface area contributed by atoms with Crippen LogP contribution in [0.1, 0.15) is 11.4 Å². The lowest BCUT2D eigenvalue weighted by atomic mass is 10.1. The topological polar surface area (TPSA) is 53.1 Å². The number of hydrogen-bond donors (Lipinski definition) is 0. The van der Waals surface area contributed by atoms with Crippen molar-refractivity contribution in [2.75, 3.05) is 7.11 Å².